The minimum Gasteiger partial charge on any atom is -0.225 e. The van der Waals surface area contributed by atoms with Crippen LogP contribution in [-0.4, -0.2) is 15.0 Å². The molecular weight excluding hydrogens is 517 g/mol. The van der Waals surface area contributed by atoms with Gasteiger partial charge >= 0.3 is 0 Å². The van der Waals surface area contributed by atoms with Gasteiger partial charge in [0.15, 0.2) is 0 Å². The molecule has 14 heteroatoms. The van der Waals surface area contributed by atoms with Gasteiger partial charge in [-0.05, 0) is 0 Å². The minimum absolute atomic E-state index is 0. The first-order valence-corrected chi connectivity index (χ1v) is 1.55. The first-order valence-electron chi connectivity index (χ1n) is 1.55. The standard InChI is InChI=1S/C3H3N3.11Ar/c1-4-2-6-3-5-1;;;;;;;;;;;/h1-3H;;;;;;;;;;;. The van der Waals surface area contributed by atoms with Crippen LogP contribution in [0.1, 0.15) is 0 Å². The Hall–Kier alpha value is 12.9. The summed E-state index contributed by atoms with van der Waals surface area (Å²) in [6.07, 6.45) is 4.31. The van der Waals surface area contributed by atoms with Crippen molar-refractivity contribution in [2.45, 2.75) is 0 Å². The van der Waals surface area contributed by atoms with E-state index < -0.39 is 0 Å². The molecule has 0 aliphatic rings. The zero-order chi connectivity index (χ0) is 4.24. The maximum atomic E-state index is 3.56. The average Bonchev–Trinajstić information content (AvgIpc) is 1.72. The molecule has 1 rings (SSSR count). The van der Waals surface area contributed by atoms with Gasteiger partial charge in [0, 0.05) is 415 Å². The molecule has 0 saturated heterocycles. The fourth-order valence-corrected chi connectivity index (χ4v) is 0.205. The Labute approximate surface area is 432 Å². The molecule has 0 bridgehead atoms. The van der Waals surface area contributed by atoms with E-state index in [1.807, 2.05) is 0 Å². The van der Waals surface area contributed by atoms with Crippen molar-refractivity contribution in [1.29, 1.82) is 0 Å². The monoisotopic (exact) mass is 521 g/mol. The summed E-state index contributed by atoms with van der Waals surface area (Å²) >= 11 is 0. The molecule has 0 aromatic carbocycles. The number of nitrogens with zero attached hydrogens (tertiary/aromatic N) is 3. The van der Waals surface area contributed by atoms with Crippen LogP contribution in [0.4, 0.5) is 0 Å². The third-order valence-electron chi connectivity index (χ3n) is 0.400. The quantitative estimate of drug-likeness (QED) is 0.479. The summed E-state index contributed by atoms with van der Waals surface area (Å²) in [7, 11) is 0. The second-order valence-electron chi connectivity index (χ2n) is 0.794. The molecule has 0 unspecified atom stereocenters. The van der Waals surface area contributed by atoms with Crippen molar-refractivity contribution in [2.24, 2.45) is 0 Å². The SMILES string of the molecule is [Ar].[Ar].[Ar].[Ar].[Ar].[Ar].[Ar].[Ar].[Ar].[Ar].[Ar].c1ncncn1. The van der Waals surface area contributed by atoms with Gasteiger partial charge in [0.1, 0.15) is 19.0 Å². The molecule has 1 heterocycles. The molecule has 0 N–H and O–H groups in total. The Balaban J connectivity index is -0.00000000364. The van der Waals surface area contributed by atoms with Crippen molar-refractivity contribution < 1.29 is 415 Å². The number of aromatic nitrogens is 3. The van der Waals surface area contributed by atoms with Crippen LogP contribution in [0.3, 0.4) is 0 Å². The van der Waals surface area contributed by atoms with E-state index in [0.29, 0.717) is 0 Å². The minimum atomic E-state index is 0. The Morgan fingerprint density at radius 3 is 0.471 bits per heavy atom. The number of rotatable bonds is 0. The van der Waals surface area contributed by atoms with Gasteiger partial charge in [-0.1, -0.05) is 0 Å². The topological polar surface area (TPSA) is 38.7 Å². The third kappa shape index (κ3) is 58.5. The van der Waals surface area contributed by atoms with Gasteiger partial charge in [0.05, 0.1) is 0 Å². The van der Waals surface area contributed by atoms with E-state index in [9.17, 15) is 0 Å². The van der Waals surface area contributed by atoms with Crippen molar-refractivity contribution in [3.63, 3.8) is 0 Å². The first kappa shape index (κ1) is 69.9. The number of hydrogen-bond acceptors (Lipinski definition) is 3. The summed E-state index contributed by atoms with van der Waals surface area (Å²) in [5, 5.41) is 0. The summed E-state index contributed by atoms with van der Waals surface area (Å²) in [5.41, 5.74) is 0. The fraction of sp³-hybridized carbons (Fsp3) is 0. The van der Waals surface area contributed by atoms with Crippen LogP contribution in [0.25, 0.3) is 0 Å². The van der Waals surface area contributed by atoms with Crippen LogP contribution in [0.5, 0.6) is 0 Å². The normalized spacial score (nSPS) is 2.82. The zero-order valence-electron chi connectivity index (χ0n) is 6.96. The molecule has 0 amide bonds. The largest absolute Gasteiger partial charge is 0.225 e. The summed E-state index contributed by atoms with van der Waals surface area (Å²) in [6.45, 7) is 0. The Kier molecular flexibility index (Phi) is 259. The summed E-state index contributed by atoms with van der Waals surface area (Å²) in [5.74, 6) is 0. The third-order valence-corrected chi connectivity index (χ3v) is 0.400. The summed E-state index contributed by atoms with van der Waals surface area (Å²) in [6, 6.07) is 0. The zero-order valence-corrected chi connectivity index (χ0v) is 14.7. The first-order chi connectivity index (χ1) is 3.00. The van der Waals surface area contributed by atoms with Crippen LogP contribution in [0.2, 0.25) is 0 Å². The van der Waals surface area contributed by atoms with Gasteiger partial charge in [0.25, 0.3) is 0 Å². The van der Waals surface area contributed by atoms with Crippen molar-refractivity contribution in [3.05, 3.63) is 19.0 Å². The van der Waals surface area contributed by atoms with Crippen LogP contribution < -0.4 is 0 Å². The molecule has 0 aliphatic heterocycles. The molecule has 118 valence electrons. The molecule has 1 aromatic heterocycles. The van der Waals surface area contributed by atoms with Crippen LogP contribution in [-0.2, 0) is 0 Å². The molecule has 0 spiro atoms. The van der Waals surface area contributed by atoms with Crippen LogP contribution in [0, 0.1) is 415 Å². The van der Waals surface area contributed by atoms with Gasteiger partial charge in [-0.15, -0.1) is 0 Å². The van der Waals surface area contributed by atoms with E-state index in [1.54, 1.807) is 0 Å². The molecule has 0 saturated carbocycles. The molecule has 0 aliphatic carbocycles. The summed E-state index contributed by atoms with van der Waals surface area (Å²) < 4.78 is 0. The van der Waals surface area contributed by atoms with E-state index in [2.05, 4.69) is 15.0 Å². The molecule has 1 aromatic rings. The Morgan fingerprint density at radius 2 is 0.412 bits per heavy atom. The molecule has 0 fully saturated rings. The van der Waals surface area contributed by atoms with Gasteiger partial charge < -0.3 is 0 Å². The van der Waals surface area contributed by atoms with E-state index in [1.165, 1.54) is 19.0 Å². The van der Waals surface area contributed by atoms with Crippen molar-refractivity contribution in [2.75, 3.05) is 0 Å². The molecule has 3 nitrogen and oxygen atoms in total. The van der Waals surface area contributed by atoms with Crippen molar-refractivity contribution in [3.8, 4) is 0 Å². The van der Waals surface area contributed by atoms with Gasteiger partial charge in [-0.25, -0.2) is 15.0 Å². The second kappa shape index (κ2) is 63.0. The van der Waals surface area contributed by atoms with E-state index in [4.69, 9.17) is 0 Å². The predicted molar refractivity (Wildman–Crippen MR) is 19.8 cm³/mol. The maximum absolute atomic E-state index is 3.56. The van der Waals surface area contributed by atoms with Crippen molar-refractivity contribution >= 4 is 0 Å². The second-order valence-corrected chi connectivity index (χ2v) is 0.794. The Morgan fingerprint density at radius 1 is 0.294 bits per heavy atom. The number of hydrogen-bond donors (Lipinski definition) is 0. The fourth-order valence-electron chi connectivity index (χ4n) is 0.205. The smallest absolute Gasteiger partial charge is 0.119 e. The van der Waals surface area contributed by atoms with Crippen molar-refractivity contribution in [1.82, 2.24) is 15.0 Å². The van der Waals surface area contributed by atoms with E-state index >= 15 is 0 Å². The molecular formula is C3H3Ar11N3. The van der Waals surface area contributed by atoms with Gasteiger partial charge in [0.2, 0.25) is 0 Å². The summed E-state index contributed by atoms with van der Waals surface area (Å²) in [4.78, 5) is 10.7. The van der Waals surface area contributed by atoms with E-state index in [-0.39, 0.29) is 415 Å². The molecule has 0 radical (unpaired) electrons. The average molecular weight is 521 g/mol. The van der Waals surface area contributed by atoms with Gasteiger partial charge in [-0.2, -0.15) is 0 Å². The molecule has 17 heavy (non-hydrogen) atoms. The van der Waals surface area contributed by atoms with Crippen LogP contribution in [0.15, 0.2) is 19.0 Å². The van der Waals surface area contributed by atoms with E-state index in [0.717, 1.165) is 0 Å². The van der Waals surface area contributed by atoms with Crippen LogP contribution >= 0.6 is 0 Å². The maximum Gasteiger partial charge on any atom is 0.119 e. The molecule has 0 atom stereocenters. The van der Waals surface area contributed by atoms with Gasteiger partial charge in [-0.3, -0.25) is 0 Å². The Bertz CT molecular complexity index is 93.9. The predicted octanol–water partition coefficient (Wildman–Crippen LogP) is -0.128.